The van der Waals surface area contributed by atoms with Crippen LogP contribution in [-0.2, 0) is 0 Å². The number of rotatable bonds is 6. The molecule has 0 N–H and O–H groups in total. The van der Waals surface area contributed by atoms with Gasteiger partial charge in [0.05, 0.1) is 6.26 Å². The maximum absolute atomic E-state index is 14.8. The fourth-order valence-corrected chi connectivity index (χ4v) is 3.73. The minimum atomic E-state index is -1.08. The molecule has 4 heteroatoms. The molecule has 0 aromatic heterocycles. The van der Waals surface area contributed by atoms with Crippen molar-refractivity contribution in [1.29, 1.82) is 0 Å². The Kier molecular flexibility index (Phi) is 6.61. The van der Waals surface area contributed by atoms with Gasteiger partial charge in [-0.15, -0.1) is 0 Å². The Balaban J connectivity index is 1.84. The first-order chi connectivity index (χ1) is 13.5. The van der Waals surface area contributed by atoms with Crippen molar-refractivity contribution in [3.05, 3.63) is 77.3 Å². The van der Waals surface area contributed by atoms with E-state index < -0.39 is 11.6 Å². The van der Waals surface area contributed by atoms with Gasteiger partial charge in [0.1, 0.15) is 5.82 Å². The van der Waals surface area contributed by atoms with Crippen LogP contribution in [0.15, 0.2) is 54.3 Å². The van der Waals surface area contributed by atoms with E-state index in [1.54, 1.807) is 25.1 Å². The van der Waals surface area contributed by atoms with E-state index in [0.29, 0.717) is 11.1 Å². The second-order valence-electron chi connectivity index (χ2n) is 7.15. The van der Waals surface area contributed by atoms with E-state index in [0.717, 1.165) is 32.1 Å². The molecule has 0 aliphatic heterocycles. The Morgan fingerprint density at radius 3 is 2.57 bits per heavy atom. The van der Waals surface area contributed by atoms with Crippen LogP contribution in [0, 0.1) is 17.5 Å². The summed E-state index contributed by atoms with van der Waals surface area (Å²) in [5, 5.41) is 0. The summed E-state index contributed by atoms with van der Waals surface area (Å²) in [6.45, 7) is 3.87. The monoisotopic (exact) mass is 386 g/mol. The van der Waals surface area contributed by atoms with E-state index in [1.807, 2.05) is 0 Å². The van der Waals surface area contributed by atoms with Gasteiger partial charge in [0, 0.05) is 5.56 Å². The number of hydrogen-bond donors (Lipinski definition) is 0. The summed E-state index contributed by atoms with van der Waals surface area (Å²) in [7, 11) is 0. The molecule has 1 nitrogen and oxygen atoms in total. The predicted octanol–water partition coefficient (Wildman–Crippen LogP) is 7.68. The molecule has 1 atom stereocenters. The van der Waals surface area contributed by atoms with E-state index in [1.165, 1.54) is 30.0 Å². The highest BCUT2D eigenvalue weighted by molar-refractivity contribution is 5.66. The lowest BCUT2D eigenvalue weighted by Crippen LogP contribution is -2.06. The average Bonchev–Trinajstić information content (AvgIpc) is 2.70. The lowest BCUT2D eigenvalue weighted by molar-refractivity contribution is 0.415. The fourth-order valence-electron chi connectivity index (χ4n) is 3.73. The quantitative estimate of drug-likeness (QED) is 0.365. The van der Waals surface area contributed by atoms with Crippen LogP contribution in [-0.4, -0.2) is 0 Å². The van der Waals surface area contributed by atoms with Gasteiger partial charge < -0.3 is 4.74 Å². The van der Waals surface area contributed by atoms with Gasteiger partial charge in [-0.3, -0.25) is 0 Å². The van der Waals surface area contributed by atoms with Crippen LogP contribution in [0.5, 0.6) is 5.75 Å². The molecular weight excluding hydrogens is 361 g/mol. The Morgan fingerprint density at radius 1 is 1.11 bits per heavy atom. The standard InChI is InChI=1S/C24H25F3O/c1-3-5-16-6-8-17(9-7-16)19-11-10-18(15-21(19)25)20-12-13-22(28-14-4-2)24(27)23(20)26/h4,6,10-15,17H,3,5,7-9H2,1-2H3/b14-4+. The second kappa shape index (κ2) is 9.13. The number of allylic oxidation sites excluding steroid dienone is 3. The third-order valence-corrected chi connectivity index (χ3v) is 5.21. The van der Waals surface area contributed by atoms with Crippen molar-refractivity contribution < 1.29 is 17.9 Å². The van der Waals surface area contributed by atoms with Crippen molar-refractivity contribution in [1.82, 2.24) is 0 Å². The van der Waals surface area contributed by atoms with Crippen LogP contribution in [0.25, 0.3) is 11.1 Å². The van der Waals surface area contributed by atoms with Gasteiger partial charge in [-0.25, -0.2) is 8.78 Å². The van der Waals surface area contributed by atoms with E-state index in [9.17, 15) is 13.2 Å². The molecule has 0 bridgehead atoms. The van der Waals surface area contributed by atoms with E-state index in [4.69, 9.17) is 4.74 Å². The van der Waals surface area contributed by atoms with Gasteiger partial charge in [-0.2, -0.15) is 4.39 Å². The Hall–Kier alpha value is -2.49. The molecule has 148 valence electrons. The van der Waals surface area contributed by atoms with Gasteiger partial charge in [0.2, 0.25) is 5.82 Å². The molecule has 0 saturated carbocycles. The van der Waals surface area contributed by atoms with Crippen molar-refractivity contribution in [3.8, 4) is 16.9 Å². The van der Waals surface area contributed by atoms with Crippen molar-refractivity contribution in [2.24, 2.45) is 0 Å². The third kappa shape index (κ3) is 4.32. The van der Waals surface area contributed by atoms with Crippen LogP contribution in [0.3, 0.4) is 0 Å². The first-order valence-electron chi connectivity index (χ1n) is 9.78. The number of ether oxygens (including phenoxy) is 1. The zero-order valence-corrected chi connectivity index (χ0v) is 16.3. The maximum Gasteiger partial charge on any atom is 0.201 e. The summed E-state index contributed by atoms with van der Waals surface area (Å²) < 4.78 is 48.5. The van der Waals surface area contributed by atoms with E-state index in [-0.39, 0.29) is 23.0 Å². The normalized spacial score (nSPS) is 17.0. The molecule has 0 radical (unpaired) electrons. The number of hydrogen-bond acceptors (Lipinski definition) is 1. The first kappa shape index (κ1) is 20.2. The molecule has 1 aliphatic rings. The molecule has 0 saturated heterocycles. The molecule has 2 aromatic carbocycles. The van der Waals surface area contributed by atoms with Gasteiger partial charge >= 0.3 is 0 Å². The predicted molar refractivity (Wildman–Crippen MR) is 107 cm³/mol. The molecule has 1 aliphatic carbocycles. The van der Waals surface area contributed by atoms with Gasteiger partial charge in [0.25, 0.3) is 0 Å². The van der Waals surface area contributed by atoms with Crippen LogP contribution in [0.1, 0.15) is 57.4 Å². The first-order valence-corrected chi connectivity index (χ1v) is 9.78. The summed E-state index contributed by atoms with van der Waals surface area (Å²) in [5.41, 5.74) is 2.43. The summed E-state index contributed by atoms with van der Waals surface area (Å²) in [6, 6.07) is 7.42. The minimum absolute atomic E-state index is 0.0181. The zero-order valence-electron chi connectivity index (χ0n) is 16.3. The van der Waals surface area contributed by atoms with Crippen molar-refractivity contribution in [3.63, 3.8) is 0 Å². The van der Waals surface area contributed by atoms with Crippen LogP contribution in [0.2, 0.25) is 0 Å². The highest BCUT2D eigenvalue weighted by Crippen LogP contribution is 2.37. The molecule has 2 aromatic rings. The van der Waals surface area contributed by atoms with Crippen molar-refractivity contribution in [2.45, 2.75) is 51.9 Å². The molecule has 0 amide bonds. The summed E-state index contributed by atoms with van der Waals surface area (Å²) in [6.07, 6.45) is 10.0. The molecular formula is C24H25F3O. The zero-order chi connectivity index (χ0) is 20.1. The highest BCUT2D eigenvalue weighted by atomic mass is 19.2. The van der Waals surface area contributed by atoms with Crippen molar-refractivity contribution in [2.75, 3.05) is 0 Å². The topological polar surface area (TPSA) is 9.23 Å². The lowest BCUT2D eigenvalue weighted by Gasteiger charge is -2.23. The highest BCUT2D eigenvalue weighted by Gasteiger charge is 2.21. The fraction of sp³-hybridized carbons (Fsp3) is 0.333. The number of halogens is 3. The summed E-state index contributed by atoms with van der Waals surface area (Å²) >= 11 is 0. The van der Waals surface area contributed by atoms with E-state index >= 15 is 0 Å². The van der Waals surface area contributed by atoms with E-state index in [2.05, 4.69) is 13.0 Å². The molecule has 3 rings (SSSR count). The van der Waals surface area contributed by atoms with Crippen LogP contribution < -0.4 is 4.74 Å². The molecule has 28 heavy (non-hydrogen) atoms. The average molecular weight is 386 g/mol. The van der Waals surface area contributed by atoms with Gasteiger partial charge in [-0.1, -0.05) is 43.2 Å². The molecule has 0 heterocycles. The number of benzene rings is 2. The van der Waals surface area contributed by atoms with Gasteiger partial charge in [-0.05, 0) is 67.9 Å². The Bertz CT molecular complexity index is 899. The lowest BCUT2D eigenvalue weighted by atomic mass is 9.83. The smallest absolute Gasteiger partial charge is 0.201 e. The largest absolute Gasteiger partial charge is 0.462 e. The minimum Gasteiger partial charge on any atom is -0.462 e. The maximum atomic E-state index is 14.8. The van der Waals surface area contributed by atoms with Crippen molar-refractivity contribution >= 4 is 0 Å². The third-order valence-electron chi connectivity index (χ3n) is 5.21. The summed E-state index contributed by atoms with van der Waals surface area (Å²) in [4.78, 5) is 0. The van der Waals surface area contributed by atoms with Gasteiger partial charge in [0.15, 0.2) is 11.6 Å². The Morgan fingerprint density at radius 2 is 1.93 bits per heavy atom. The summed E-state index contributed by atoms with van der Waals surface area (Å²) in [5.74, 6) is -2.56. The second-order valence-corrected chi connectivity index (χ2v) is 7.15. The van der Waals surface area contributed by atoms with Crippen LogP contribution >= 0.6 is 0 Å². The SMILES string of the molecule is C/C=C/Oc1ccc(-c2ccc(C3CC=C(CCC)CC3)c(F)c2)c(F)c1F. The molecule has 1 unspecified atom stereocenters. The van der Waals surface area contributed by atoms with Crippen LogP contribution in [0.4, 0.5) is 13.2 Å². The molecule has 0 spiro atoms. The Labute approximate surface area is 164 Å². The molecule has 0 fully saturated rings.